The molecule has 3 amide bonds. The van der Waals surface area contributed by atoms with E-state index in [2.05, 4.69) is 21.2 Å². The minimum atomic E-state index is -0.404. The summed E-state index contributed by atoms with van der Waals surface area (Å²) in [6, 6.07) is 5.11. The van der Waals surface area contributed by atoms with Crippen LogP contribution in [0, 0.1) is 0 Å². The fraction of sp³-hybridized carbons (Fsp3) is 0.438. The molecule has 1 N–H and O–H groups in total. The zero-order chi connectivity index (χ0) is 16.6. The van der Waals surface area contributed by atoms with Gasteiger partial charge in [0, 0.05) is 17.6 Å². The number of piperidine rings is 1. The van der Waals surface area contributed by atoms with Gasteiger partial charge in [-0.1, -0.05) is 15.9 Å². The first-order valence-corrected chi connectivity index (χ1v) is 8.40. The Balaban J connectivity index is 1.72. The second-order valence-electron chi connectivity index (χ2n) is 5.87. The molecule has 3 rings (SSSR count). The van der Waals surface area contributed by atoms with E-state index < -0.39 is 11.8 Å². The molecule has 0 atom stereocenters. The van der Waals surface area contributed by atoms with Gasteiger partial charge in [0.2, 0.25) is 5.91 Å². The SMILES string of the molecule is CN(C(=O)CN1C(=O)c2ccc(Br)cc2C1=O)C1CCNCC1. The Hall–Kier alpha value is -1.73. The van der Waals surface area contributed by atoms with E-state index in [1.807, 2.05) is 0 Å². The monoisotopic (exact) mass is 379 g/mol. The van der Waals surface area contributed by atoms with Crippen LogP contribution in [-0.4, -0.2) is 60.2 Å². The number of benzene rings is 1. The summed E-state index contributed by atoms with van der Waals surface area (Å²) in [5.74, 6) is -1.01. The molecule has 2 aliphatic rings. The predicted octanol–water partition coefficient (Wildman–Crippen LogP) is 1.26. The standard InChI is InChI=1S/C16H18BrN3O3/c1-19(11-4-6-18-7-5-11)14(21)9-20-15(22)12-3-2-10(17)8-13(12)16(20)23/h2-3,8,11,18H,4-7,9H2,1H3. The number of fused-ring (bicyclic) bond motifs is 1. The van der Waals surface area contributed by atoms with Crippen molar-refractivity contribution in [1.29, 1.82) is 0 Å². The molecule has 2 heterocycles. The summed E-state index contributed by atoms with van der Waals surface area (Å²) in [4.78, 5) is 39.9. The summed E-state index contributed by atoms with van der Waals surface area (Å²) < 4.78 is 0.734. The molecule has 7 heteroatoms. The molecule has 23 heavy (non-hydrogen) atoms. The van der Waals surface area contributed by atoms with Gasteiger partial charge in [-0.15, -0.1) is 0 Å². The third-order valence-electron chi connectivity index (χ3n) is 4.48. The van der Waals surface area contributed by atoms with E-state index in [9.17, 15) is 14.4 Å². The van der Waals surface area contributed by atoms with Crippen LogP contribution in [0.4, 0.5) is 0 Å². The van der Waals surface area contributed by atoms with E-state index in [1.54, 1.807) is 30.1 Å². The second-order valence-corrected chi connectivity index (χ2v) is 6.79. The summed E-state index contributed by atoms with van der Waals surface area (Å²) in [5.41, 5.74) is 0.706. The Labute approximate surface area is 142 Å². The summed E-state index contributed by atoms with van der Waals surface area (Å²) >= 11 is 3.30. The van der Waals surface area contributed by atoms with E-state index >= 15 is 0 Å². The van der Waals surface area contributed by atoms with Crippen LogP contribution in [0.25, 0.3) is 0 Å². The number of carbonyl (C=O) groups excluding carboxylic acids is 3. The molecule has 0 unspecified atom stereocenters. The smallest absolute Gasteiger partial charge is 0.262 e. The lowest BCUT2D eigenvalue weighted by molar-refractivity contribution is -0.132. The van der Waals surface area contributed by atoms with Crippen molar-refractivity contribution < 1.29 is 14.4 Å². The fourth-order valence-electron chi connectivity index (χ4n) is 3.05. The third-order valence-corrected chi connectivity index (χ3v) is 4.97. The number of nitrogens with zero attached hydrogens (tertiary/aromatic N) is 2. The molecular formula is C16H18BrN3O3. The first-order chi connectivity index (χ1) is 11.0. The quantitative estimate of drug-likeness (QED) is 0.802. The second kappa shape index (κ2) is 6.41. The molecule has 122 valence electrons. The Bertz CT molecular complexity index is 671. The Morgan fingerprint density at radius 2 is 1.91 bits per heavy atom. The van der Waals surface area contributed by atoms with Crippen LogP contribution in [0.2, 0.25) is 0 Å². The molecule has 0 spiro atoms. The number of hydrogen-bond acceptors (Lipinski definition) is 4. The zero-order valence-electron chi connectivity index (χ0n) is 12.8. The number of rotatable bonds is 3. The van der Waals surface area contributed by atoms with Crippen molar-refractivity contribution in [2.45, 2.75) is 18.9 Å². The number of imide groups is 1. The van der Waals surface area contributed by atoms with Crippen LogP contribution >= 0.6 is 15.9 Å². The van der Waals surface area contributed by atoms with Gasteiger partial charge < -0.3 is 10.2 Å². The van der Waals surface area contributed by atoms with Crippen LogP contribution in [0.3, 0.4) is 0 Å². The highest BCUT2D eigenvalue weighted by Gasteiger charge is 2.37. The topological polar surface area (TPSA) is 69.7 Å². The van der Waals surface area contributed by atoms with Gasteiger partial charge in [0.15, 0.2) is 0 Å². The minimum absolute atomic E-state index is 0.160. The van der Waals surface area contributed by atoms with E-state index in [1.165, 1.54) is 0 Å². The van der Waals surface area contributed by atoms with Crippen LogP contribution in [0.1, 0.15) is 33.6 Å². The molecule has 0 radical (unpaired) electrons. The molecule has 1 saturated heterocycles. The average molecular weight is 380 g/mol. The van der Waals surface area contributed by atoms with Crippen LogP contribution in [-0.2, 0) is 4.79 Å². The highest BCUT2D eigenvalue weighted by atomic mass is 79.9. The largest absolute Gasteiger partial charge is 0.341 e. The van der Waals surface area contributed by atoms with Crippen molar-refractivity contribution in [2.24, 2.45) is 0 Å². The Kier molecular flexibility index (Phi) is 4.50. The summed E-state index contributed by atoms with van der Waals surface area (Å²) in [6.45, 7) is 1.55. The van der Waals surface area contributed by atoms with Crippen molar-refractivity contribution >= 4 is 33.7 Å². The van der Waals surface area contributed by atoms with Gasteiger partial charge in [-0.05, 0) is 44.1 Å². The molecule has 1 aromatic carbocycles. The molecule has 2 aliphatic heterocycles. The van der Waals surface area contributed by atoms with Gasteiger partial charge in [-0.3, -0.25) is 19.3 Å². The van der Waals surface area contributed by atoms with Crippen molar-refractivity contribution in [2.75, 3.05) is 26.7 Å². The normalized spacial score (nSPS) is 18.3. The molecule has 0 aromatic heterocycles. The van der Waals surface area contributed by atoms with Gasteiger partial charge >= 0.3 is 0 Å². The molecular weight excluding hydrogens is 362 g/mol. The molecule has 1 fully saturated rings. The number of likely N-dealkylation sites (N-methyl/N-ethyl adjacent to an activating group) is 1. The number of carbonyl (C=O) groups is 3. The lowest BCUT2D eigenvalue weighted by Gasteiger charge is -2.32. The van der Waals surface area contributed by atoms with E-state index in [4.69, 9.17) is 0 Å². The summed E-state index contributed by atoms with van der Waals surface area (Å²) in [6.07, 6.45) is 1.77. The van der Waals surface area contributed by atoms with Crippen LogP contribution < -0.4 is 5.32 Å². The number of hydrogen-bond donors (Lipinski definition) is 1. The van der Waals surface area contributed by atoms with Gasteiger partial charge in [-0.2, -0.15) is 0 Å². The maximum Gasteiger partial charge on any atom is 0.262 e. The highest BCUT2D eigenvalue weighted by molar-refractivity contribution is 9.10. The zero-order valence-corrected chi connectivity index (χ0v) is 14.4. The predicted molar refractivity (Wildman–Crippen MR) is 88.2 cm³/mol. The third kappa shape index (κ3) is 3.03. The minimum Gasteiger partial charge on any atom is -0.341 e. The number of nitrogens with one attached hydrogen (secondary N) is 1. The first kappa shape index (κ1) is 16.1. The fourth-order valence-corrected chi connectivity index (χ4v) is 3.41. The summed E-state index contributed by atoms with van der Waals surface area (Å²) in [7, 11) is 1.74. The van der Waals surface area contributed by atoms with Crippen molar-refractivity contribution in [1.82, 2.24) is 15.1 Å². The number of halogens is 1. The van der Waals surface area contributed by atoms with Crippen molar-refractivity contribution in [3.63, 3.8) is 0 Å². The van der Waals surface area contributed by atoms with Gasteiger partial charge in [0.1, 0.15) is 6.54 Å². The molecule has 6 nitrogen and oxygen atoms in total. The Morgan fingerprint density at radius 3 is 2.61 bits per heavy atom. The number of amides is 3. The average Bonchev–Trinajstić information content (AvgIpc) is 2.79. The lowest BCUT2D eigenvalue weighted by Crippen LogP contribution is -2.48. The first-order valence-electron chi connectivity index (χ1n) is 7.61. The maximum absolute atomic E-state index is 12.5. The lowest BCUT2D eigenvalue weighted by atomic mass is 10.1. The van der Waals surface area contributed by atoms with Crippen LogP contribution in [0.15, 0.2) is 22.7 Å². The Morgan fingerprint density at radius 1 is 1.26 bits per heavy atom. The van der Waals surface area contributed by atoms with Crippen molar-refractivity contribution in [3.8, 4) is 0 Å². The van der Waals surface area contributed by atoms with Crippen molar-refractivity contribution in [3.05, 3.63) is 33.8 Å². The van der Waals surface area contributed by atoms with Gasteiger partial charge in [-0.25, -0.2) is 0 Å². The van der Waals surface area contributed by atoms with E-state index in [-0.39, 0.29) is 18.5 Å². The summed E-state index contributed by atoms with van der Waals surface area (Å²) in [5, 5.41) is 3.25. The van der Waals surface area contributed by atoms with E-state index in [0.29, 0.717) is 11.1 Å². The highest BCUT2D eigenvalue weighted by Crippen LogP contribution is 2.26. The van der Waals surface area contributed by atoms with Gasteiger partial charge in [0.25, 0.3) is 11.8 Å². The molecule has 0 bridgehead atoms. The van der Waals surface area contributed by atoms with E-state index in [0.717, 1.165) is 35.3 Å². The molecule has 0 saturated carbocycles. The van der Waals surface area contributed by atoms with Crippen LogP contribution in [0.5, 0.6) is 0 Å². The molecule has 0 aliphatic carbocycles. The van der Waals surface area contributed by atoms with Gasteiger partial charge in [0.05, 0.1) is 11.1 Å². The molecule has 1 aromatic rings. The maximum atomic E-state index is 12.5.